The highest BCUT2D eigenvalue weighted by molar-refractivity contribution is 5.78. The Morgan fingerprint density at radius 2 is 1.76 bits per heavy atom. The van der Waals surface area contributed by atoms with E-state index in [0.29, 0.717) is 11.6 Å². The first-order valence-electron chi connectivity index (χ1n) is 8.09. The summed E-state index contributed by atoms with van der Waals surface area (Å²) in [6, 6.07) is 18.8. The van der Waals surface area contributed by atoms with Gasteiger partial charge in [0, 0.05) is 5.56 Å². The van der Waals surface area contributed by atoms with Crippen LogP contribution in [-0.2, 0) is 16.8 Å². The molecule has 5 nitrogen and oxygen atoms in total. The Morgan fingerprint density at radius 1 is 1.12 bits per heavy atom. The van der Waals surface area contributed by atoms with Crippen molar-refractivity contribution in [3.63, 3.8) is 0 Å². The monoisotopic (exact) mass is 336 g/mol. The van der Waals surface area contributed by atoms with E-state index in [9.17, 15) is 9.90 Å². The maximum absolute atomic E-state index is 12.1. The van der Waals surface area contributed by atoms with Gasteiger partial charge in [-0.05, 0) is 24.6 Å². The van der Waals surface area contributed by atoms with Crippen molar-refractivity contribution in [1.82, 2.24) is 10.3 Å². The Bertz CT molecular complexity index is 826. The quantitative estimate of drug-likeness (QED) is 0.726. The highest BCUT2D eigenvalue weighted by Gasteiger charge is 2.23. The topological polar surface area (TPSA) is 75.4 Å². The molecule has 1 heterocycles. The minimum absolute atomic E-state index is 0.0984. The van der Waals surface area contributed by atoms with Gasteiger partial charge in [0.2, 0.25) is 11.8 Å². The van der Waals surface area contributed by atoms with Crippen molar-refractivity contribution in [1.29, 1.82) is 0 Å². The van der Waals surface area contributed by atoms with Gasteiger partial charge in [0.25, 0.3) is 0 Å². The average molecular weight is 336 g/mol. The van der Waals surface area contributed by atoms with Crippen molar-refractivity contribution in [2.75, 3.05) is 6.54 Å². The molecular weight excluding hydrogens is 316 g/mol. The molecule has 3 rings (SSSR count). The predicted octanol–water partition coefficient (Wildman–Crippen LogP) is 2.91. The molecule has 2 aromatic carbocycles. The molecule has 128 valence electrons. The van der Waals surface area contributed by atoms with Crippen LogP contribution in [-0.4, -0.2) is 22.5 Å². The van der Waals surface area contributed by atoms with Gasteiger partial charge in [-0.15, -0.1) is 0 Å². The molecule has 0 aliphatic heterocycles. The molecule has 0 aliphatic carbocycles. The van der Waals surface area contributed by atoms with E-state index < -0.39 is 5.60 Å². The second kappa shape index (κ2) is 7.32. The molecule has 0 saturated heterocycles. The van der Waals surface area contributed by atoms with Crippen LogP contribution >= 0.6 is 0 Å². The summed E-state index contributed by atoms with van der Waals surface area (Å²) in [7, 11) is 0. The summed E-state index contributed by atoms with van der Waals surface area (Å²) in [5.41, 5.74) is 1.04. The molecule has 2 N–H and O–H groups in total. The number of carbonyl (C=O) groups excluding carboxylic acids is 1. The molecule has 0 spiro atoms. The predicted molar refractivity (Wildman–Crippen MR) is 94.7 cm³/mol. The molecular formula is C20H20N2O3. The molecule has 25 heavy (non-hydrogen) atoms. The SMILES string of the molecule is CC(O)(CNC(=O)Cc1coc(-c2ccccc2)n1)c1ccccc1. The van der Waals surface area contributed by atoms with Crippen LogP contribution < -0.4 is 5.32 Å². The Labute approximate surface area is 146 Å². The van der Waals surface area contributed by atoms with Gasteiger partial charge in [-0.2, -0.15) is 0 Å². The maximum Gasteiger partial charge on any atom is 0.226 e. The third kappa shape index (κ3) is 4.33. The van der Waals surface area contributed by atoms with Crippen LogP contribution in [0.3, 0.4) is 0 Å². The molecule has 0 saturated carbocycles. The van der Waals surface area contributed by atoms with Gasteiger partial charge in [0.05, 0.1) is 18.7 Å². The third-order valence-corrected chi connectivity index (χ3v) is 3.94. The lowest BCUT2D eigenvalue weighted by atomic mass is 9.96. The molecule has 3 aromatic rings. The number of hydrogen-bond donors (Lipinski definition) is 2. The first kappa shape index (κ1) is 16.9. The van der Waals surface area contributed by atoms with Crippen molar-refractivity contribution < 1.29 is 14.3 Å². The summed E-state index contributed by atoms with van der Waals surface area (Å²) >= 11 is 0. The molecule has 5 heteroatoms. The molecule has 1 aromatic heterocycles. The van der Waals surface area contributed by atoms with Crippen molar-refractivity contribution in [2.24, 2.45) is 0 Å². The fourth-order valence-corrected chi connectivity index (χ4v) is 2.50. The zero-order valence-corrected chi connectivity index (χ0v) is 14.0. The largest absolute Gasteiger partial charge is 0.444 e. The number of carbonyl (C=O) groups is 1. The fraction of sp³-hybridized carbons (Fsp3) is 0.200. The van der Waals surface area contributed by atoms with Crippen LogP contribution in [0.4, 0.5) is 0 Å². The van der Waals surface area contributed by atoms with Gasteiger partial charge < -0.3 is 14.8 Å². The van der Waals surface area contributed by atoms with E-state index in [1.165, 1.54) is 6.26 Å². The summed E-state index contributed by atoms with van der Waals surface area (Å²) in [6.45, 7) is 1.80. The highest BCUT2D eigenvalue weighted by atomic mass is 16.3. The lowest BCUT2D eigenvalue weighted by Crippen LogP contribution is -2.39. The summed E-state index contributed by atoms with van der Waals surface area (Å²) in [5.74, 6) is 0.267. The molecule has 0 radical (unpaired) electrons. The van der Waals surface area contributed by atoms with Crippen molar-refractivity contribution in [2.45, 2.75) is 18.9 Å². The average Bonchev–Trinajstić information content (AvgIpc) is 3.10. The van der Waals surface area contributed by atoms with E-state index in [-0.39, 0.29) is 18.9 Å². The molecule has 1 atom stereocenters. The number of rotatable bonds is 6. The number of nitrogens with zero attached hydrogens (tertiary/aromatic N) is 1. The van der Waals surface area contributed by atoms with Gasteiger partial charge in [-0.3, -0.25) is 4.79 Å². The Hall–Kier alpha value is -2.92. The first-order chi connectivity index (χ1) is 12.0. The molecule has 1 amide bonds. The number of nitrogens with one attached hydrogen (secondary N) is 1. The van der Waals surface area contributed by atoms with E-state index in [4.69, 9.17) is 4.42 Å². The van der Waals surface area contributed by atoms with Gasteiger partial charge in [-0.1, -0.05) is 48.5 Å². The number of aromatic nitrogens is 1. The number of hydrogen-bond acceptors (Lipinski definition) is 4. The van der Waals surface area contributed by atoms with Gasteiger partial charge in [-0.25, -0.2) is 4.98 Å². The van der Waals surface area contributed by atoms with E-state index >= 15 is 0 Å². The highest BCUT2D eigenvalue weighted by Crippen LogP contribution is 2.20. The summed E-state index contributed by atoms with van der Waals surface area (Å²) in [5, 5.41) is 13.3. The fourth-order valence-electron chi connectivity index (χ4n) is 2.50. The summed E-state index contributed by atoms with van der Waals surface area (Å²) in [4.78, 5) is 16.5. The second-order valence-electron chi connectivity index (χ2n) is 6.10. The molecule has 0 bridgehead atoms. The zero-order valence-electron chi connectivity index (χ0n) is 14.0. The standard InChI is InChI=1S/C20H20N2O3/c1-20(24,16-10-6-3-7-11-16)14-21-18(23)12-17-13-25-19(22-17)15-8-4-2-5-9-15/h2-11,13,24H,12,14H2,1H3,(H,21,23). The van der Waals surface area contributed by atoms with Gasteiger partial charge in [0.15, 0.2) is 0 Å². The maximum atomic E-state index is 12.1. The van der Waals surface area contributed by atoms with Crippen LogP contribution in [0.15, 0.2) is 71.3 Å². The van der Waals surface area contributed by atoms with Crippen LogP contribution in [0.2, 0.25) is 0 Å². The van der Waals surface area contributed by atoms with Crippen molar-refractivity contribution in [3.05, 3.63) is 78.2 Å². The van der Waals surface area contributed by atoms with E-state index in [2.05, 4.69) is 10.3 Å². The number of aliphatic hydroxyl groups is 1. The minimum atomic E-state index is -1.13. The molecule has 1 unspecified atom stereocenters. The van der Waals surface area contributed by atoms with E-state index in [1.807, 2.05) is 60.7 Å². The molecule has 0 fully saturated rings. The number of amides is 1. The third-order valence-electron chi connectivity index (χ3n) is 3.94. The number of benzene rings is 2. The summed E-state index contributed by atoms with van der Waals surface area (Å²) in [6.07, 6.45) is 1.58. The Morgan fingerprint density at radius 3 is 2.44 bits per heavy atom. The normalized spacial score (nSPS) is 13.2. The minimum Gasteiger partial charge on any atom is -0.444 e. The van der Waals surface area contributed by atoms with Gasteiger partial charge >= 0.3 is 0 Å². The second-order valence-corrected chi connectivity index (χ2v) is 6.10. The van der Waals surface area contributed by atoms with Crippen LogP contribution in [0.25, 0.3) is 11.5 Å². The van der Waals surface area contributed by atoms with E-state index in [0.717, 1.165) is 11.1 Å². The van der Waals surface area contributed by atoms with Crippen LogP contribution in [0, 0.1) is 0 Å². The van der Waals surface area contributed by atoms with Crippen molar-refractivity contribution >= 4 is 5.91 Å². The van der Waals surface area contributed by atoms with Crippen LogP contribution in [0.5, 0.6) is 0 Å². The van der Waals surface area contributed by atoms with Crippen LogP contribution in [0.1, 0.15) is 18.2 Å². The lowest BCUT2D eigenvalue weighted by Gasteiger charge is -2.24. The zero-order chi connectivity index (χ0) is 17.7. The molecule has 0 aliphatic rings. The van der Waals surface area contributed by atoms with Crippen molar-refractivity contribution in [3.8, 4) is 11.5 Å². The Balaban J connectivity index is 1.57. The lowest BCUT2D eigenvalue weighted by molar-refractivity contribution is -0.121. The van der Waals surface area contributed by atoms with E-state index in [1.54, 1.807) is 6.92 Å². The Kier molecular flexibility index (Phi) is 4.95. The summed E-state index contributed by atoms with van der Waals surface area (Å²) < 4.78 is 5.43. The number of oxazole rings is 1. The smallest absolute Gasteiger partial charge is 0.226 e. The first-order valence-corrected chi connectivity index (χ1v) is 8.09. The van der Waals surface area contributed by atoms with Gasteiger partial charge in [0.1, 0.15) is 11.9 Å².